The van der Waals surface area contributed by atoms with Gasteiger partial charge in [-0.2, -0.15) is 0 Å². The summed E-state index contributed by atoms with van der Waals surface area (Å²) < 4.78 is 27.4. The standard InChI is InChI=1S/C11H10BrN3O4S/c1-6-9(10(16)14-11(17)13-6)20(18,19)15-8-4-2-3-7(12)5-8/h2-5,15H,1H3,(H2,13,14,16,17). The van der Waals surface area contributed by atoms with Gasteiger partial charge in [-0.1, -0.05) is 22.0 Å². The van der Waals surface area contributed by atoms with Gasteiger partial charge in [0.15, 0.2) is 4.90 Å². The van der Waals surface area contributed by atoms with Gasteiger partial charge < -0.3 is 4.98 Å². The van der Waals surface area contributed by atoms with Gasteiger partial charge in [-0.15, -0.1) is 0 Å². The number of sulfonamides is 1. The highest BCUT2D eigenvalue weighted by atomic mass is 79.9. The van der Waals surface area contributed by atoms with Crippen molar-refractivity contribution in [3.05, 3.63) is 55.3 Å². The minimum Gasteiger partial charge on any atom is -0.310 e. The van der Waals surface area contributed by atoms with E-state index >= 15 is 0 Å². The smallest absolute Gasteiger partial charge is 0.310 e. The third kappa shape index (κ3) is 2.99. The number of aromatic amines is 2. The molecule has 0 aliphatic heterocycles. The molecule has 0 amide bonds. The summed E-state index contributed by atoms with van der Waals surface area (Å²) in [7, 11) is -4.09. The van der Waals surface area contributed by atoms with Crippen LogP contribution in [0.15, 0.2) is 43.2 Å². The van der Waals surface area contributed by atoms with Crippen LogP contribution in [-0.2, 0) is 10.0 Å². The first-order valence-electron chi connectivity index (χ1n) is 5.41. The number of anilines is 1. The molecule has 2 aromatic rings. The number of nitrogens with one attached hydrogen (secondary N) is 3. The zero-order chi connectivity index (χ0) is 14.9. The molecule has 9 heteroatoms. The van der Waals surface area contributed by atoms with E-state index in [0.717, 1.165) is 0 Å². The summed E-state index contributed by atoms with van der Waals surface area (Å²) in [6.45, 7) is 1.34. The zero-order valence-electron chi connectivity index (χ0n) is 10.2. The lowest BCUT2D eigenvalue weighted by Crippen LogP contribution is -2.31. The van der Waals surface area contributed by atoms with E-state index in [9.17, 15) is 18.0 Å². The Kier molecular flexibility index (Phi) is 3.82. The van der Waals surface area contributed by atoms with Crippen molar-refractivity contribution in [2.24, 2.45) is 0 Å². The lowest BCUT2D eigenvalue weighted by atomic mass is 10.3. The van der Waals surface area contributed by atoms with Crippen molar-refractivity contribution in [1.29, 1.82) is 0 Å². The predicted octanol–water partition coefficient (Wildman–Crippen LogP) is 0.935. The molecule has 0 unspecified atom stereocenters. The fourth-order valence-corrected chi connectivity index (χ4v) is 3.36. The monoisotopic (exact) mass is 359 g/mol. The van der Waals surface area contributed by atoms with Crippen LogP contribution in [0, 0.1) is 6.92 Å². The molecule has 0 spiro atoms. The van der Waals surface area contributed by atoms with Crippen molar-refractivity contribution < 1.29 is 8.42 Å². The molecular formula is C11H10BrN3O4S. The lowest BCUT2D eigenvalue weighted by Gasteiger charge is -2.09. The molecule has 0 aliphatic carbocycles. The molecule has 1 aromatic carbocycles. The van der Waals surface area contributed by atoms with Gasteiger partial charge in [0.05, 0.1) is 0 Å². The summed E-state index contributed by atoms with van der Waals surface area (Å²) in [5.41, 5.74) is -1.45. The fourth-order valence-electron chi connectivity index (χ4n) is 1.67. The number of rotatable bonds is 3. The summed E-state index contributed by atoms with van der Waals surface area (Å²) in [4.78, 5) is 26.3. The van der Waals surface area contributed by atoms with Crippen molar-refractivity contribution in [1.82, 2.24) is 9.97 Å². The van der Waals surface area contributed by atoms with Gasteiger partial charge in [0.25, 0.3) is 15.6 Å². The largest absolute Gasteiger partial charge is 0.325 e. The average Bonchev–Trinajstić information content (AvgIpc) is 2.25. The summed E-state index contributed by atoms with van der Waals surface area (Å²) in [5.74, 6) is 0. The second kappa shape index (κ2) is 5.25. The molecule has 0 saturated heterocycles. The van der Waals surface area contributed by atoms with Crippen LogP contribution in [0.5, 0.6) is 0 Å². The molecule has 20 heavy (non-hydrogen) atoms. The van der Waals surface area contributed by atoms with Crippen LogP contribution in [-0.4, -0.2) is 18.4 Å². The average molecular weight is 360 g/mol. The summed E-state index contributed by atoms with van der Waals surface area (Å²) >= 11 is 3.21. The number of hydrogen-bond donors (Lipinski definition) is 3. The topological polar surface area (TPSA) is 112 Å². The van der Waals surface area contributed by atoms with Crippen molar-refractivity contribution in [2.75, 3.05) is 4.72 Å². The molecule has 0 atom stereocenters. The molecule has 106 valence electrons. The van der Waals surface area contributed by atoms with E-state index in [2.05, 4.69) is 25.6 Å². The van der Waals surface area contributed by atoms with E-state index in [1.54, 1.807) is 18.2 Å². The first kappa shape index (κ1) is 14.5. The normalized spacial score (nSPS) is 11.3. The van der Waals surface area contributed by atoms with Crippen molar-refractivity contribution >= 4 is 31.6 Å². The van der Waals surface area contributed by atoms with E-state index in [4.69, 9.17) is 0 Å². The molecule has 1 heterocycles. The van der Waals surface area contributed by atoms with Crippen LogP contribution in [0.4, 0.5) is 5.69 Å². The van der Waals surface area contributed by atoms with Gasteiger partial charge in [-0.05, 0) is 25.1 Å². The van der Waals surface area contributed by atoms with E-state index in [1.165, 1.54) is 13.0 Å². The number of halogens is 1. The van der Waals surface area contributed by atoms with Crippen LogP contribution in [0.3, 0.4) is 0 Å². The number of aromatic nitrogens is 2. The third-order valence-corrected chi connectivity index (χ3v) is 4.45. The minimum atomic E-state index is -4.09. The Morgan fingerprint density at radius 2 is 1.90 bits per heavy atom. The first-order chi connectivity index (χ1) is 9.29. The molecule has 0 bridgehead atoms. The Hall–Kier alpha value is -1.87. The Balaban J connectivity index is 2.52. The van der Waals surface area contributed by atoms with Gasteiger partial charge in [0.1, 0.15) is 0 Å². The van der Waals surface area contributed by atoms with E-state index in [1.807, 2.05) is 4.98 Å². The molecule has 1 aromatic heterocycles. The maximum Gasteiger partial charge on any atom is 0.325 e. The highest BCUT2D eigenvalue weighted by Gasteiger charge is 2.22. The van der Waals surface area contributed by atoms with Gasteiger partial charge in [0.2, 0.25) is 0 Å². The van der Waals surface area contributed by atoms with Gasteiger partial charge in [-0.25, -0.2) is 13.2 Å². The van der Waals surface area contributed by atoms with E-state index in [-0.39, 0.29) is 5.69 Å². The van der Waals surface area contributed by atoms with Crippen LogP contribution < -0.4 is 16.0 Å². The van der Waals surface area contributed by atoms with Crippen molar-refractivity contribution in [3.63, 3.8) is 0 Å². The Labute approximate surface area is 122 Å². The van der Waals surface area contributed by atoms with Crippen LogP contribution >= 0.6 is 15.9 Å². The molecule has 3 N–H and O–H groups in total. The molecule has 0 fully saturated rings. The summed E-state index contributed by atoms with van der Waals surface area (Å²) in [6.07, 6.45) is 0. The summed E-state index contributed by atoms with van der Waals surface area (Å²) in [5, 5.41) is 0. The Morgan fingerprint density at radius 1 is 1.20 bits per heavy atom. The minimum absolute atomic E-state index is 0.0266. The molecular weight excluding hydrogens is 350 g/mol. The highest BCUT2D eigenvalue weighted by molar-refractivity contribution is 9.10. The number of hydrogen-bond acceptors (Lipinski definition) is 4. The molecule has 2 rings (SSSR count). The fraction of sp³-hybridized carbons (Fsp3) is 0.0909. The van der Waals surface area contributed by atoms with E-state index in [0.29, 0.717) is 10.2 Å². The van der Waals surface area contributed by atoms with Gasteiger partial charge in [0, 0.05) is 15.9 Å². The van der Waals surface area contributed by atoms with Crippen LogP contribution in [0.1, 0.15) is 5.69 Å². The molecule has 0 saturated carbocycles. The second-order valence-electron chi connectivity index (χ2n) is 3.98. The SMILES string of the molecule is Cc1[nH]c(=O)[nH]c(=O)c1S(=O)(=O)Nc1cccc(Br)c1. The van der Waals surface area contributed by atoms with Crippen LogP contribution in [0.25, 0.3) is 0 Å². The molecule has 0 aliphatic rings. The second-order valence-corrected chi connectivity index (χ2v) is 6.51. The van der Waals surface area contributed by atoms with Crippen LogP contribution in [0.2, 0.25) is 0 Å². The molecule has 7 nitrogen and oxygen atoms in total. The Morgan fingerprint density at radius 3 is 2.50 bits per heavy atom. The third-order valence-electron chi connectivity index (χ3n) is 2.42. The van der Waals surface area contributed by atoms with E-state index < -0.39 is 26.2 Å². The Bertz CT molecular complexity index is 870. The highest BCUT2D eigenvalue weighted by Crippen LogP contribution is 2.19. The summed E-state index contributed by atoms with van der Waals surface area (Å²) in [6, 6.07) is 6.46. The maximum absolute atomic E-state index is 12.2. The van der Waals surface area contributed by atoms with Crippen molar-refractivity contribution in [3.8, 4) is 0 Å². The quantitative estimate of drug-likeness (QED) is 0.756. The van der Waals surface area contributed by atoms with Gasteiger partial charge >= 0.3 is 5.69 Å². The molecule has 0 radical (unpaired) electrons. The number of H-pyrrole nitrogens is 2. The number of aryl methyl sites for hydroxylation is 1. The lowest BCUT2D eigenvalue weighted by molar-refractivity contribution is 0.598. The maximum atomic E-state index is 12.2. The number of benzene rings is 1. The van der Waals surface area contributed by atoms with Gasteiger partial charge in [-0.3, -0.25) is 14.5 Å². The predicted molar refractivity (Wildman–Crippen MR) is 77.4 cm³/mol. The van der Waals surface area contributed by atoms with Crippen molar-refractivity contribution in [2.45, 2.75) is 11.8 Å². The first-order valence-corrected chi connectivity index (χ1v) is 7.69. The zero-order valence-corrected chi connectivity index (χ0v) is 12.6.